The van der Waals surface area contributed by atoms with Gasteiger partial charge in [0.2, 0.25) is 10.0 Å². The second kappa shape index (κ2) is 7.10. The van der Waals surface area contributed by atoms with E-state index < -0.39 is 22.2 Å². The molecule has 142 valence electrons. The van der Waals surface area contributed by atoms with E-state index in [4.69, 9.17) is 0 Å². The van der Waals surface area contributed by atoms with Gasteiger partial charge in [0.25, 0.3) is 0 Å². The van der Waals surface area contributed by atoms with Gasteiger partial charge in [0.05, 0.1) is 11.7 Å². The average molecular weight is 393 g/mol. The van der Waals surface area contributed by atoms with Crippen molar-refractivity contribution < 1.29 is 18.3 Å². The minimum absolute atomic E-state index is 0.0393. The molecule has 28 heavy (non-hydrogen) atoms. The molecule has 3 aromatic rings. The molecule has 7 heteroatoms. The highest BCUT2D eigenvalue weighted by atomic mass is 32.2. The van der Waals surface area contributed by atoms with Gasteiger partial charge in [-0.1, -0.05) is 66.7 Å². The summed E-state index contributed by atoms with van der Waals surface area (Å²) in [6.45, 7) is 0.178. The number of sulfonamides is 1. The van der Waals surface area contributed by atoms with Crippen molar-refractivity contribution in [3.63, 3.8) is 0 Å². The lowest BCUT2D eigenvalue weighted by molar-refractivity contribution is -0.255. The summed E-state index contributed by atoms with van der Waals surface area (Å²) in [7, 11) is -3.76. The topological polar surface area (TPSA) is 89.5 Å². The minimum atomic E-state index is -3.76. The van der Waals surface area contributed by atoms with Gasteiger partial charge in [-0.25, -0.2) is 8.42 Å². The van der Waals surface area contributed by atoms with Gasteiger partial charge in [-0.3, -0.25) is 0 Å². The molecular weight excluding hydrogens is 376 g/mol. The number of carbonyl (C=O) groups excluding carboxylic acids is 1. The number of nitrogens with one attached hydrogen (secondary N) is 1. The van der Waals surface area contributed by atoms with Crippen LogP contribution >= 0.6 is 0 Å². The van der Waals surface area contributed by atoms with Crippen molar-refractivity contribution in [3.8, 4) is 0 Å². The number of hydrogen-bond acceptors (Lipinski definition) is 5. The fraction of sp³-hybridized carbons (Fsp3) is 0.0952. The Morgan fingerprint density at radius 3 is 2.25 bits per heavy atom. The Kier molecular flexibility index (Phi) is 4.62. The number of carbonyl (C=O) groups is 1. The molecule has 1 heterocycles. The summed E-state index contributed by atoms with van der Waals surface area (Å²) in [4.78, 5) is 11.2. The van der Waals surface area contributed by atoms with E-state index in [2.05, 4.69) is 5.32 Å². The lowest BCUT2D eigenvalue weighted by atomic mass is 10.1. The molecule has 0 bridgehead atoms. The molecule has 0 aromatic heterocycles. The second-order valence-corrected chi connectivity index (χ2v) is 8.35. The largest absolute Gasteiger partial charge is 0.545 e. The highest BCUT2D eigenvalue weighted by Gasteiger charge is 2.38. The maximum absolute atomic E-state index is 13.3. The smallest absolute Gasteiger partial charge is 0.247 e. The molecule has 0 saturated heterocycles. The monoisotopic (exact) mass is 393 g/mol. The van der Waals surface area contributed by atoms with Gasteiger partial charge in [0.15, 0.2) is 0 Å². The lowest BCUT2D eigenvalue weighted by Crippen LogP contribution is -2.42. The molecule has 0 unspecified atom stereocenters. The fourth-order valence-electron chi connectivity index (χ4n) is 3.29. The van der Waals surface area contributed by atoms with Crippen molar-refractivity contribution in [3.05, 3.63) is 95.6 Å². The number of aromatic carboxylic acids is 1. The van der Waals surface area contributed by atoms with Crippen LogP contribution in [0, 0.1) is 0 Å². The first kappa shape index (κ1) is 18.2. The molecule has 1 N–H and O–H groups in total. The van der Waals surface area contributed by atoms with Crippen LogP contribution in [0.4, 0.5) is 5.69 Å². The van der Waals surface area contributed by atoms with E-state index in [0.717, 1.165) is 5.56 Å². The Balaban J connectivity index is 1.81. The Morgan fingerprint density at radius 2 is 1.57 bits per heavy atom. The fourth-order valence-corrected chi connectivity index (χ4v) is 4.96. The zero-order valence-electron chi connectivity index (χ0n) is 14.8. The molecule has 0 radical (unpaired) electrons. The predicted molar refractivity (Wildman–Crippen MR) is 103 cm³/mol. The standard InChI is InChI=1S/C21H18N2O4S/c24-21(25)17-12-10-16(11-13-17)20-22-18-8-4-5-9-19(18)28(26,27)23(20)14-15-6-2-1-3-7-15/h1-13,20,22H,14H2,(H,24,25)/p-1/t20-/m0/s1. The van der Waals surface area contributed by atoms with Gasteiger partial charge in [0.1, 0.15) is 11.1 Å². The summed E-state index contributed by atoms with van der Waals surface area (Å²) in [5.41, 5.74) is 2.04. The Bertz CT molecular complexity index is 1110. The third kappa shape index (κ3) is 3.26. The molecule has 0 spiro atoms. The zero-order valence-corrected chi connectivity index (χ0v) is 15.6. The number of rotatable bonds is 4. The molecule has 0 saturated carbocycles. The van der Waals surface area contributed by atoms with Gasteiger partial charge in [0, 0.05) is 6.54 Å². The molecule has 6 nitrogen and oxygen atoms in total. The Morgan fingerprint density at radius 1 is 0.929 bits per heavy atom. The minimum Gasteiger partial charge on any atom is -0.545 e. The van der Waals surface area contributed by atoms with Crippen molar-refractivity contribution in [1.82, 2.24) is 4.31 Å². The molecule has 0 aliphatic carbocycles. The lowest BCUT2D eigenvalue weighted by Gasteiger charge is -2.37. The van der Waals surface area contributed by atoms with E-state index in [1.807, 2.05) is 30.3 Å². The van der Waals surface area contributed by atoms with E-state index in [9.17, 15) is 18.3 Å². The van der Waals surface area contributed by atoms with E-state index in [-0.39, 0.29) is 17.0 Å². The third-order valence-corrected chi connectivity index (χ3v) is 6.57. The third-order valence-electron chi connectivity index (χ3n) is 4.70. The van der Waals surface area contributed by atoms with Crippen LogP contribution in [-0.2, 0) is 16.6 Å². The summed E-state index contributed by atoms with van der Waals surface area (Å²) >= 11 is 0. The molecular formula is C21H17N2O4S-. The van der Waals surface area contributed by atoms with Crippen LogP contribution in [0.15, 0.2) is 83.8 Å². The van der Waals surface area contributed by atoms with E-state index >= 15 is 0 Å². The Hall–Kier alpha value is -3.16. The van der Waals surface area contributed by atoms with Gasteiger partial charge in [-0.15, -0.1) is 0 Å². The maximum Gasteiger partial charge on any atom is 0.247 e. The van der Waals surface area contributed by atoms with Crippen LogP contribution in [0.1, 0.15) is 27.7 Å². The van der Waals surface area contributed by atoms with E-state index in [0.29, 0.717) is 11.3 Å². The molecule has 0 amide bonds. The highest BCUT2D eigenvalue weighted by molar-refractivity contribution is 7.89. The quantitative estimate of drug-likeness (QED) is 0.735. The average Bonchev–Trinajstić information content (AvgIpc) is 2.71. The van der Waals surface area contributed by atoms with Crippen LogP contribution in [0.5, 0.6) is 0 Å². The molecule has 1 aliphatic rings. The summed E-state index contributed by atoms with van der Waals surface area (Å²) in [5.74, 6) is -1.28. The van der Waals surface area contributed by atoms with Gasteiger partial charge >= 0.3 is 0 Å². The summed E-state index contributed by atoms with van der Waals surface area (Å²) in [6, 6.07) is 22.1. The SMILES string of the molecule is O=C([O-])c1ccc([C@H]2Nc3ccccc3S(=O)(=O)N2Cc2ccccc2)cc1. The van der Waals surface area contributed by atoms with Crippen molar-refractivity contribution in [2.24, 2.45) is 0 Å². The first-order valence-corrected chi connectivity index (χ1v) is 10.1. The van der Waals surface area contributed by atoms with Crippen LogP contribution in [0.25, 0.3) is 0 Å². The van der Waals surface area contributed by atoms with Crippen LogP contribution in [0.2, 0.25) is 0 Å². The van der Waals surface area contributed by atoms with Crippen LogP contribution in [0.3, 0.4) is 0 Å². The first-order chi connectivity index (χ1) is 13.5. The number of carboxylic acids is 1. The van der Waals surface area contributed by atoms with Gasteiger partial charge in [-0.05, 0) is 28.8 Å². The normalized spacial score (nSPS) is 18.1. The Labute approximate surface area is 163 Å². The number of hydrogen-bond donors (Lipinski definition) is 1. The summed E-state index contributed by atoms with van der Waals surface area (Å²) in [5, 5.41) is 14.3. The second-order valence-electron chi connectivity index (χ2n) is 6.49. The number of benzene rings is 3. The van der Waals surface area contributed by atoms with Crippen LogP contribution in [-0.4, -0.2) is 18.7 Å². The molecule has 4 rings (SSSR count). The highest BCUT2D eigenvalue weighted by Crippen LogP contribution is 2.39. The van der Waals surface area contributed by atoms with Crippen LogP contribution < -0.4 is 10.4 Å². The maximum atomic E-state index is 13.3. The molecule has 1 atom stereocenters. The number of anilines is 1. The number of fused-ring (bicyclic) bond motifs is 1. The van der Waals surface area contributed by atoms with E-state index in [1.54, 1.807) is 36.4 Å². The van der Waals surface area contributed by atoms with Gasteiger partial charge < -0.3 is 15.2 Å². The number of nitrogens with zero attached hydrogens (tertiary/aromatic N) is 1. The zero-order chi connectivity index (χ0) is 19.7. The van der Waals surface area contributed by atoms with Crippen molar-refractivity contribution in [2.75, 3.05) is 5.32 Å². The van der Waals surface area contributed by atoms with Crippen molar-refractivity contribution in [1.29, 1.82) is 0 Å². The summed E-state index contributed by atoms with van der Waals surface area (Å²) in [6.07, 6.45) is -0.670. The number of carboxylic acid groups (broad SMARTS) is 1. The van der Waals surface area contributed by atoms with Crippen molar-refractivity contribution in [2.45, 2.75) is 17.6 Å². The predicted octanol–water partition coefficient (Wildman–Crippen LogP) is 2.37. The van der Waals surface area contributed by atoms with Crippen molar-refractivity contribution >= 4 is 21.7 Å². The molecule has 3 aromatic carbocycles. The number of para-hydroxylation sites is 1. The summed E-state index contributed by atoms with van der Waals surface area (Å²) < 4.78 is 28.1. The van der Waals surface area contributed by atoms with E-state index in [1.165, 1.54) is 16.4 Å². The molecule has 0 fully saturated rings. The molecule has 1 aliphatic heterocycles. The first-order valence-electron chi connectivity index (χ1n) is 8.69. The van der Waals surface area contributed by atoms with Gasteiger partial charge in [-0.2, -0.15) is 4.31 Å².